The standard InChI is InChI=1S/C8H18NO2P/c1-6(2)9(7(3)4)12-11-8(5)10/h6-7,12H,1-5H3. The molecule has 1 atom stereocenters. The molecule has 0 aromatic rings. The number of carbonyl (C=O) groups is 1. The van der Waals surface area contributed by atoms with Crippen LogP contribution < -0.4 is 0 Å². The number of carbonyl (C=O) groups excluding carboxylic acids is 1. The van der Waals surface area contributed by atoms with Gasteiger partial charge in [-0.15, -0.1) is 0 Å². The lowest BCUT2D eigenvalue weighted by molar-refractivity contribution is -0.131. The molecule has 0 saturated carbocycles. The summed E-state index contributed by atoms with van der Waals surface area (Å²) in [5.74, 6) is -0.209. The molecule has 0 fully saturated rings. The van der Waals surface area contributed by atoms with Crippen molar-refractivity contribution in [1.29, 1.82) is 0 Å². The van der Waals surface area contributed by atoms with Gasteiger partial charge in [0, 0.05) is 19.0 Å². The molecule has 0 N–H and O–H groups in total. The van der Waals surface area contributed by atoms with E-state index >= 15 is 0 Å². The van der Waals surface area contributed by atoms with Crippen LogP contribution in [0.25, 0.3) is 0 Å². The molecule has 0 aliphatic carbocycles. The average Bonchev–Trinajstić information content (AvgIpc) is 1.84. The third-order valence-corrected chi connectivity index (χ3v) is 3.03. The molecule has 4 heteroatoms. The predicted molar refractivity (Wildman–Crippen MR) is 52.2 cm³/mol. The lowest BCUT2D eigenvalue weighted by Gasteiger charge is -2.28. The second-order valence-corrected chi connectivity index (χ2v) is 4.18. The van der Waals surface area contributed by atoms with Crippen LogP contribution in [-0.4, -0.2) is 22.7 Å². The molecule has 0 heterocycles. The summed E-state index contributed by atoms with van der Waals surface area (Å²) < 4.78 is 7.08. The van der Waals surface area contributed by atoms with Gasteiger partial charge in [0.2, 0.25) is 0 Å². The fourth-order valence-electron chi connectivity index (χ4n) is 0.924. The Morgan fingerprint density at radius 2 is 1.67 bits per heavy atom. The molecular formula is C8H18NO2P. The molecule has 0 aromatic heterocycles. The molecule has 0 aliphatic heterocycles. The first-order chi connectivity index (χ1) is 5.45. The first-order valence-corrected chi connectivity index (χ1v) is 5.02. The minimum Gasteiger partial charge on any atom is -0.431 e. The molecule has 0 saturated heterocycles. The summed E-state index contributed by atoms with van der Waals surface area (Å²) >= 11 is 0. The van der Waals surface area contributed by atoms with Crippen molar-refractivity contribution in [1.82, 2.24) is 4.67 Å². The van der Waals surface area contributed by atoms with Gasteiger partial charge in [0.25, 0.3) is 0 Å². The maximum atomic E-state index is 10.6. The zero-order valence-electron chi connectivity index (χ0n) is 8.42. The van der Waals surface area contributed by atoms with Gasteiger partial charge in [0.15, 0.2) is 8.96 Å². The minimum absolute atomic E-state index is 0.148. The lowest BCUT2D eigenvalue weighted by Crippen LogP contribution is -2.29. The normalized spacial score (nSPS) is 12.3. The highest BCUT2D eigenvalue weighted by Gasteiger charge is 2.14. The summed E-state index contributed by atoms with van der Waals surface area (Å²) in [6, 6.07) is 0.838. The van der Waals surface area contributed by atoms with Gasteiger partial charge in [0.05, 0.1) is 0 Å². The number of rotatable bonds is 4. The monoisotopic (exact) mass is 191 g/mol. The molecule has 0 bridgehead atoms. The van der Waals surface area contributed by atoms with Crippen LogP contribution in [0.5, 0.6) is 0 Å². The predicted octanol–water partition coefficient (Wildman–Crippen LogP) is 2.18. The van der Waals surface area contributed by atoms with Crippen molar-refractivity contribution in [2.75, 3.05) is 0 Å². The third-order valence-electron chi connectivity index (χ3n) is 1.41. The van der Waals surface area contributed by atoms with Gasteiger partial charge in [-0.1, -0.05) is 0 Å². The Balaban J connectivity index is 3.88. The summed E-state index contributed by atoms with van der Waals surface area (Å²) in [7, 11) is 0.148. The van der Waals surface area contributed by atoms with Crippen LogP contribution >= 0.6 is 8.96 Å². The van der Waals surface area contributed by atoms with E-state index in [9.17, 15) is 4.79 Å². The van der Waals surface area contributed by atoms with Crippen molar-refractivity contribution < 1.29 is 9.32 Å². The molecule has 0 amide bonds. The van der Waals surface area contributed by atoms with E-state index < -0.39 is 0 Å². The van der Waals surface area contributed by atoms with Crippen LogP contribution in [0.4, 0.5) is 0 Å². The molecule has 1 unspecified atom stereocenters. The molecule has 12 heavy (non-hydrogen) atoms. The van der Waals surface area contributed by atoms with E-state index in [0.29, 0.717) is 12.1 Å². The van der Waals surface area contributed by atoms with Crippen LogP contribution in [0, 0.1) is 0 Å². The summed E-state index contributed by atoms with van der Waals surface area (Å²) in [5, 5.41) is 0. The van der Waals surface area contributed by atoms with Crippen LogP contribution in [-0.2, 0) is 9.32 Å². The highest BCUT2D eigenvalue weighted by molar-refractivity contribution is 7.30. The van der Waals surface area contributed by atoms with E-state index in [1.54, 1.807) is 0 Å². The van der Waals surface area contributed by atoms with Crippen LogP contribution in [0.2, 0.25) is 0 Å². The fraction of sp³-hybridized carbons (Fsp3) is 0.875. The lowest BCUT2D eigenvalue weighted by atomic mass is 10.3. The Morgan fingerprint density at radius 3 is 1.92 bits per heavy atom. The average molecular weight is 191 g/mol. The van der Waals surface area contributed by atoms with Crippen molar-refractivity contribution >= 4 is 14.9 Å². The topological polar surface area (TPSA) is 29.5 Å². The van der Waals surface area contributed by atoms with Crippen molar-refractivity contribution in [3.8, 4) is 0 Å². The first-order valence-electron chi connectivity index (χ1n) is 4.16. The molecule has 0 aromatic carbocycles. The smallest absolute Gasteiger partial charge is 0.306 e. The van der Waals surface area contributed by atoms with Crippen molar-refractivity contribution in [2.24, 2.45) is 0 Å². The Bertz CT molecular complexity index is 140. The van der Waals surface area contributed by atoms with Gasteiger partial charge in [-0.3, -0.25) is 4.79 Å². The Labute approximate surface area is 76.4 Å². The maximum absolute atomic E-state index is 10.6. The van der Waals surface area contributed by atoms with E-state index in [4.69, 9.17) is 4.52 Å². The fourth-order valence-corrected chi connectivity index (χ4v) is 1.58. The van der Waals surface area contributed by atoms with E-state index in [1.807, 2.05) is 0 Å². The highest BCUT2D eigenvalue weighted by Crippen LogP contribution is 2.25. The second-order valence-electron chi connectivity index (χ2n) is 3.28. The molecule has 0 aliphatic rings. The van der Waals surface area contributed by atoms with E-state index in [-0.39, 0.29) is 14.9 Å². The van der Waals surface area contributed by atoms with Gasteiger partial charge in [-0.2, -0.15) is 0 Å². The summed E-state index contributed by atoms with van der Waals surface area (Å²) in [4.78, 5) is 10.6. The van der Waals surface area contributed by atoms with Gasteiger partial charge >= 0.3 is 5.97 Å². The first kappa shape index (κ1) is 11.9. The Morgan fingerprint density at radius 1 is 1.25 bits per heavy atom. The van der Waals surface area contributed by atoms with Gasteiger partial charge in [-0.05, 0) is 27.7 Å². The van der Waals surface area contributed by atoms with Crippen molar-refractivity contribution in [2.45, 2.75) is 46.7 Å². The van der Waals surface area contributed by atoms with E-state index in [0.717, 1.165) is 0 Å². The number of hydrogen-bond donors (Lipinski definition) is 0. The quantitative estimate of drug-likeness (QED) is 0.638. The Kier molecular flexibility index (Phi) is 5.43. The zero-order valence-corrected chi connectivity index (χ0v) is 9.42. The largest absolute Gasteiger partial charge is 0.431 e. The number of nitrogens with zero attached hydrogens (tertiary/aromatic N) is 1. The third kappa shape index (κ3) is 4.68. The summed E-state index contributed by atoms with van der Waals surface area (Å²) in [6.45, 7) is 9.81. The van der Waals surface area contributed by atoms with Crippen LogP contribution in [0.3, 0.4) is 0 Å². The molecule has 72 valence electrons. The SMILES string of the molecule is CC(=O)OPN(C(C)C)C(C)C. The zero-order chi connectivity index (χ0) is 9.72. The van der Waals surface area contributed by atoms with Crippen molar-refractivity contribution in [3.63, 3.8) is 0 Å². The molecule has 3 nitrogen and oxygen atoms in total. The molecule has 0 rings (SSSR count). The van der Waals surface area contributed by atoms with Crippen LogP contribution in [0.15, 0.2) is 0 Å². The number of hydrogen-bond acceptors (Lipinski definition) is 3. The molecule has 0 spiro atoms. The van der Waals surface area contributed by atoms with Gasteiger partial charge in [0.1, 0.15) is 0 Å². The van der Waals surface area contributed by atoms with E-state index in [2.05, 4.69) is 32.4 Å². The summed E-state index contributed by atoms with van der Waals surface area (Å²) in [5.41, 5.74) is 0. The maximum Gasteiger partial charge on any atom is 0.306 e. The highest BCUT2D eigenvalue weighted by atomic mass is 31.1. The van der Waals surface area contributed by atoms with Gasteiger partial charge < -0.3 is 4.52 Å². The second kappa shape index (κ2) is 5.50. The van der Waals surface area contributed by atoms with Crippen molar-refractivity contribution in [3.05, 3.63) is 0 Å². The minimum atomic E-state index is -0.209. The Hall–Kier alpha value is -0.140. The summed E-state index contributed by atoms with van der Waals surface area (Å²) in [6.07, 6.45) is 0. The van der Waals surface area contributed by atoms with Gasteiger partial charge in [-0.25, -0.2) is 4.67 Å². The van der Waals surface area contributed by atoms with Crippen LogP contribution in [0.1, 0.15) is 34.6 Å². The molecular weight excluding hydrogens is 173 g/mol. The van der Waals surface area contributed by atoms with E-state index in [1.165, 1.54) is 6.92 Å². The molecule has 0 radical (unpaired) electrons.